The summed E-state index contributed by atoms with van der Waals surface area (Å²) in [5.41, 5.74) is 3.72. The van der Waals surface area contributed by atoms with E-state index in [2.05, 4.69) is 16.0 Å². The normalized spacial score (nSPS) is 11.6. The van der Waals surface area contributed by atoms with Gasteiger partial charge in [-0.3, -0.25) is 4.79 Å². The Kier molecular flexibility index (Phi) is 7.34. The Labute approximate surface area is 159 Å². The first-order valence-corrected chi connectivity index (χ1v) is 9.06. The van der Waals surface area contributed by atoms with Crippen molar-refractivity contribution in [2.45, 2.75) is 46.2 Å². The molecule has 144 valence electrons. The second-order valence-electron chi connectivity index (χ2n) is 6.58. The minimum absolute atomic E-state index is 0.253. The molecule has 0 aromatic heterocycles. The Balaban J connectivity index is 1.92. The van der Waals surface area contributed by atoms with E-state index in [4.69, 9.17) is 0 Å². The summed E-state index contributed by atoms with van der Waals surface area (Å²) < 4.78 is 12.9. The van der Waals surface area contributed by atoms with Crippen LogP contribution in [0.25, 0.3) is 0 Å². The molecule has 2 aromatic carbocycles. The maximum atomic E-state index is 12.9. The van der Waals surface area contributed by atoms with Crippen molar-refractivity contribution in [3.05, 3.63) is 65.0 Å². The van der Waals surface area contributed by atoms with Gasteiger partial charge in [0.15, 0.2) is 0 Å². The van der Waals surface area contributed by atoms with Crippen LogP contribution in [0.15, 0.2) is 42.5 Å². The summed E-state index contributed by atoms with van der Waals surface area (Å²) in [5, 5.41) is 8.26. The summed E-state index contributed by atoms with van der Waals surface area (Å²) in [6, 6.07) is 10.5. The lowest BCUT2D eigenvalue weighted by Crippen LogP contribution is -2.47. The predicted octanol–water partition coefficient (Wildman–Crippen LogP) is 4.05. The first kappa shape index (κ1) is 20.4. The monoisotopic (exact) mass is 371 g/mol. The third kappa shape index (κ3) is 6.40. The van der Waals surface area contributed by atoms with Crippen molar-refractivity contribution in [2.24, 2.45) is 0 Å². The number of rotatable bonds is 7. The number of carbonyl (C=O) groups is 2. The van der Waals surface area contributed by atoms with Gasteiger partial charge in [0, 0.05) is 12.2 Å². The Morgan fingerprint density at radius 3 is 2.37 bits per heavy atom. The van der Waals surface area contributed by atoms with Crippen molar-refractivity contribution < 1.29 is 14.0 Å². The molecule has 0 saturated heterocycles. The molecule has 0 aliphatic carbocycles. The molecule has 2 rings (SSSR count). The highest BCUT2D eigenvalue weighted by molar-refractivity contribution is 5.97. The average Bonchev–Trinajstić information content (AvgIpc) is 2.64. The number of hydrogen-bond donors (Lipinski definition) is 3. The molecule has 0 aliphatic rings. The van der Waals surface area contributed by atoms with Crippen LogP contribution in [0.3, 0.4) is 0 Å². The van der Waals surface area contributed by atoms with Crippen molar-refractivity contribution in [2.75, 3.05) is 5.32 Å². The molecule has 0 heterocycles. The van der Waals surface area contributed by atoms with Gasteiger partial charge in [-0.1, -0.05) is 31.5 Å². The van der Waals surface area contributed by atoms with Gasteiger partial charge in [-0.15, -0.1) is 0 Å². The molecule has 1 atom stereocenters. The lowest BCUT2D eigenvalue weighted by molar-refractivity contribution is -0.118. The molecular formula is C21H26FN3O2. The van der Waals surface area contributed by atoms with Gasteiger partial charge in [0.25, 0.3) is 0 Å². The van der Waals surface area contributed by atoms with Crippen molar-refractivity contribution in [1.29, 1.82) is 0 Å². The van der Waals surface area contributed by atoms with Crippen molar-refractivity contribution in [3.63, 3.8) is 0 Å². The Hall–Kier alpha value is -2.89. The lowest BCUT2D eigenvalue weighted by Gasteiger charge is -2.18. The summed E-state index contributed by atoms with van der Waals surface area (Å²) in [6.45, 7) is 6.20. The van der Waals surface area contributed by atoms with Crippen molar-refractivity contribution in [1.82, 2.24) is 10.6 Å². The van der Waals surface area contributed by atoms with Gasteiger partial charge in [-0.2, -0.15) is 0 Å². The number of anilines is 1. The second kappa shape index (κ2) is 9.71. The maximum absolute atomic E-state index is 12.9. The quantitative estimate of drug-likeness (QED) is 0.687. The number of urea groups is 1. The van der Waals surface area contributed by atoms with Crippen molar-refractivity contribution >= 4 is 17.6 Å². The molecule has 1 unspecified atom stereocenters. The van der Waals surface area contributed by atoms with Gasteiger partial charge in [0.1, 0.15) is 11.9 Å². The Bertz CT molecular complexity index is 791. The third-order valence-corrected chi connectivity index (χ3v) is 4.34. The molecule has 0 aliphatic heterocycles. The maximum Gasteiger partial charge on any atom is 0.315 e. The van der Waals surface area contributed by atoms with E-state index in [0.717, 1.165) is 23.1 Å². The summed E-state index contributed by atoms with van der Waals surface area (Å²) in [6.07, 6.45) is 1.28. The molecule has 0 radical (unpaired) electrons. The van der Waals surface area contributed by atoms with Crippen LogP contribution >= 0.6 is 0 Å². The minimum Gasteiger partial charge on any atom is -0.334 e. The molecule has 3 N–H and O–H groups in total. The summed E-state index contributed by atoms with van der Waals surface area (Å²) in [4.78, 5) is 24.7. The van der Waals surface area contributed by atoms with Crippen LogP contribution in [-0.4, -0.2) is 18.0 Å². The van der Waals surface area contributed by atoms with E-state index in [9.17, 15) is 14.0 Å². The average molecular weight is 371 g/mol. The van der Waals surface area contributed by atoms with Gasteiger partial charge in [-0.05, 0) is 61.2 Å². The number of amides is 3. The molecule has 0 spiro atoms. The molecule has 27 heavy (non-hydrogen) atoms. The van der Waals surface area contributed by atoms with Gasteiger partial charge in [-0.25, -0.2) is 9.18 Å². The van der Waals surface area contributed by atoms with Gasteiger partial charge >= 0.3 is 6.03 Å². The number of nitrogens with one attached hydrogen (secondary N) is 3. The van der Waals surface area contributed by atoms with E-state index >= 15 is 0 Å². The highest BCUT2D eigenvalue weighted by atomic mass is 19.1. The fraction of sp³-hybridized carbons (Fsp3) is 0.333. The van der Waals surface area contributed by atoms with E-state index in [1.165, 1.54) is 12.1 Å². The van der Waals surface area contributed by atoms with Crippen LogP contribution in [0.4, 0.5) is 14.9 Å². The number of halogens is 1. The van der Waals surface area contributed by atoms with Crippen LogP contribution in [-0.2, 0) is 11.3 Å². The van der Waals surface area contributed by atoms with Crippen LogP contribution < -0.4 is 16.0 Å². The molecule has 6 heteroatoms. The zero-order chi connectivity index (χ0) is 19.8. The molecular weight excluding hydrogens is 345 g/mol. The first-order chi connectivity index (χ1) is 12.9. The standard InChI is InChI=1S/C21H26FN3O2/c1-4-5-19(20(26)24-18-11-6-14(2)15(3)12-18)25-21(27)23-13-16-7-9-17(22)10-8-16/h6-12,19H,4-5,13H2,1-3H3,(H,24,26)(H2,23,25,27). The third-order valence-electron chi connectivity index (χ3n) is 4.34. The number of aryl methyl sites for hydroxylation is 2. The minimum atomic E-state index is -0.634. The lowest BCUT2D eigenvalue weighted by atomic mass is 10.1. The van der Waals surface area contributed by atoms with E-state index in [1.54, 1.807) is 12.1 Å². The fourth-order valence-electron chi connectivity index (χ4n) is 2.60. The summed E-state index contributed by atoms with van der Waals surface area (Å²) in [7, 11) is 0. The van der Waals surface area contributed by atoms with Gasteiger partial charge in [0.05, 0.1) is 0 Å². The Morgan fingerprint density at radius 1 is 1.04 bits per heavy atom. The number of benzene rings is 2. The number of hydrogen-bond acceptors (Lipinski definition) is 2. The van der Waals surface area contributed by atoms with E-state index in [-0.39, 0.29) is 18.3 Å². The first-order valence-electron chi connectivity index (χ1n) is 9.06. The number of carbonyl (C=O) groups excluding carboxylic acids is 2. The van der Waals surface area contributed by atoms with Crippen LogP contribution in [0.2, 0.25) is 0 Å². The van der Waals surface area contributed by atoms with Crippen LogP contribution in [0, 0.1) is 19.7 Å². The molecule has 3 amide bonds. The zero-order valence-electron chi connectivity index (χ0n) is 15.9. The van der Waals surface area contributed by atoms with E-state index < -0.39 is 12.1 Å². The van der Waals surface area contributed by atoms with Gasteiger partial charge in [0.2, 0.25) is 5.91 Å². The molecule has 2 aromatic rings. The molecule has 0 bridgehead atoms. The summed E-state index contributed by atoms with van der Waals surface area (Å²) in [5.74, 6) is -0.578. The topological polar surface area (TPSA) is 70.2 Å². The second-order valence-corrected chi connectivity index (χ2v) is 6.58. The fourth-order valence-corrected chi connectivity index (χ4v) is 2.60. The predicted molar refractivity (Wildman–Crippen MR) is 105 cm³/mol. The highest BCUT2D eigenvalue weighted by Gasteiger charge is 2.20. The Morgan fingerprint density at radius 2 is 1.74 bits per heavy atom. The molecule has 0 fully saturated rings. The SMILES string of the molecule is CCCC(NC(=O)NCc1ccc(F)cc1)C(=O)Nc1ccc(C)c(C)c1. The molecule has 5 nitrogen and oxygen atoms in total. The largest absolute Gasteiger partial charge is 0.334 e. The summed E-state index contributed by atoms with van der Waals surface area (Å²) >= 11 is 0. The van der Waals surface area contributed by atoms with Crippen molar-refractivity contribution in [3.8, 4) is 0 Å². The van der Waals surface area contributed by atoms with Crippen LogP contribution in [0.1, 0.15) is 36.5 Å². The highest BCUT2D eigenvalue weighted by Crippen LogP contribution is 2.15. The van der Waals surface area contributed by atoms with Gasteiger partial charge < -0.3 is 16.0 Å². The van der Waals surface area contributed by atoms with E-state index in [1.807, 2.05) is 39.0 Å². The van der Waals surface area contributed by atoms with E-state index in [0.29, 0.717) is 12.1 Å². The smallest absolute Gasteiger partial charge is 0.315 e. The zero-order valence-corrected chi connectivity index (χ0v) is 15.9. The molecule has 0 saturated carbocycles. The van der Waals surface area contributed by atoms with Crippen LogP contribution in [0.5, 0.6) is 0 Å².